The first kappa shape index (κ1) is 14.2. The van der Waals surface area contributed by atoms with E-state index < -0.39 is 0 Å². The quantitative estimate of drug-likeness (QED) is 0.818. The zero-order valence-corrected chi connectivity index (χ0v) is 11.8. The molecule has 0 fully saturated rings. The molecule has 0 saturated heterocycles. The van der Waals surface area contributed by atoms with Crippen LogP contribution in [0.15, 0.2) is 12.1 Å². The first-order valence-corrected chi connectivity index (χ1v) is 6.31. The summed E-state index contributed by atoms with van der Waals surface area (Å²) in [6.45, 7) is 7.35. The van der Waals surface area contributed by atoms with Crippen molar-refractivity contribution in [2.24, 2.45) is 0 Å². The standard InChI is InChI=1S/C15H25NO/c1-11-8-12(2)15(13(3)9-11)7-6-14(16-4)10-17-5/h8-9,14,16H,6-7,10H2,1-5H3. The molecule has 0 saturated carbocycles. The Morgan fingerprint density at radius 3 is 2.24 bits per heavy atom. The van der Waals surface area contributed by atoms with E-state index in [1.54, 1.807) is 7.11 Å². The summed E-state index contributed by atoms with van der Waals surface area (Å²) in [6.07, 6.45) is 2.24. The molecule has 1 N–H and O–H groups in total. The highest BCUT2D eigenvalue weighted by Crippen LogP contribution is 2.18. The van der Waals surface area contributed by atoms with Crippen LogP contribution >= 0.6 is 0 Å². The molecular weight excluding hydrogens is 210 g/mol. The van der Waals surface area contributed by atoms with Crippen molar-refractivity contribution in [3.8, 4) is 0 Å². The monoisotopic (exact) mass is 235 g/mol. The van der Waals surface area contributed by atoms with E-state index in [4.69, 9.17) is 4.74 Å². The van der Waals surface area contributed by atoms with Crippen LogP contribution in [-0.4, -0.2) is 26.8 Å². The number of hydrogen-bond acceptors (Lipinski definition) is 2. The number of likely N-dealkylation sites (N-methyl/N-ethyl adjacent to an activating group) is 1. The molecule has 0 spiro atoms. The van der Waals surface area contributed by atoms with E-state index in [9.17, 15) is 0 Å². The molecule has 1 aromatic rings. The van der Waals surface area contributed by atoms with Crippen molar-refractivity contribution in [3.05, 3.63) is 34.4 Å². The number of aryl methyl sites for hydroxylation is 3. The Labute approximate surface area is 105 Å². The Morgan fingerprint density at radius 2 is 1.76 bits per heavy atom. The number of nitrogens with one attached hydrogen (secondary N) is 1. The summed E-state index contributed by atoms with van der Waals surface area (Å²) in [5.41, 5.74) is 5.67. The van der Waals surface area contributed by atoms with Gasteiger partial charge in [-0.05, 0) is 57.4 Å². The van der Waals surface area contributed by atoms with Crippen LogP contribution in [0.25, 0.3) is 0 Å². The van der Waals surface area contributed by atoms with Crippen LogP contribution in [0.1, 0.15) is 28.7 Å². The minimum Gasteiger partial charge on any atom is -0.383 e. The molecule has 0 bridgehead atoms. The lowest BCUT2D eigenvalue weighted by Crippen LogP contribution is -2.30. The Hall–Kier alpha value is -0.860. The second-order valence-electron chi connectivity index (χ2n) is 4.86. The first-order valence-electron chi connectivity index (χ1n) is 6.31. The highest BCUT2D eigenvalue weighted by Gasteiger charge is 2.09. The fourth-order valence-corrected chi connectivity index (χ4v) is 2.44. The van der Waals surface area contributed by atoms with Crippen LogP contribution in [0.2, 0.25) is 0 Å². The van der Waals surface area contributed by atoms with Crippen molar-refractivity contribution in [2.75, 3.05) is 20.8 Å². The van der Waals surface area contributed by atoms with E-state index in [0.29, 0.717) is 6.04 Å². The van der Waals surface area contributed by atoms with E-state index in [1.807, 2.05) is 7.05 Å². The molecule has 1 atom stereocenters. The third kappa shape index (κ3) is 4.14. The minimum absolute atomic E-state index is 0.445. The molecule has 2 heteroatoms. The van der Waals surface area contributed by atoms with Gasteiger partial charge < -0.3 is 10.1 Å². The van der Waals surface area contributed by atoms with Gasteiger partial charge in [-0.25, -0.2) is 0 Å². The van der Waals surface area contributed by atoms with Crippen LogP contribution in [0.5, 0.6) is 0 Å². The summed E-state index contributed by atoms with van der Waals surface area (Å²) >= 11 is 0. The largest absolute Gasteiger partial charge is 0.383 e. The maximum absolute atomic E-state index is 5.20. The highest BCUT2D eigenvalue weighted by molar-refractivity contribution is 5.37. The summed E-state index contributed by atoms with van der Waals surface area (Å²) in [7, 11) is 3.76. The van der Waals surface area contributed by atoms with Crippen molar-refractivity contribution >= 4 is 0 Å². The second-order valence-corrected chi connectivity index (χ2v) is 4.86. The van der Waals surface area contributed by atoms with Crippen LogP contribution in [0, 0.1) is 20.8 Å². The topological polar surface area (TPSA) is 21.3 Å². The molecular formula is C15H25NO. The average molecular weight is 235 g/mol. The van der Waals surface area contributed by atoms with Crippen LogP contribution in [-0.2, 0) is 11.2 Å². The summed E-state index contributed by atoms with van der Waals surface area (Å²) in [5.74, 6) is 0. The number of rotatable bonds is 6. The van der Waals surface area contributed by atoms with E-state index >= 15 is 0 Å². The third-order valence-electron chi connectivity index (χ3n) is 3.36. The molecule has 0 amide bonds. The Bertz CT molecular complexity index is 337. The van der Waals surface area contributed by atoms with Crippen molar-refractivity contribution in [3.63, 3.8) is 0 Å². The van der Waals surface area contributed by atoms with Crippen molar-refractivity contribution in [1.29, 1.82) is 0 Å². The second kappa shape index (κ2) is 6.77. The Kier molecular flexibility index (Phi) is 5.66. The molecule has 0 aromatic heterocycles. The van der Waals surface area contributed by atoms with Gasteiger partial charge in [0.2, 0.25) is 0 Å². The fraction of sp³-hybridized carbons (Fsp3) is 0.600. The third-order valence-corrected chi connectivity index (χ3v) is 3.36. The zero-order valence-electron chi connectivity index (χ0n) is 11.8. The van der Waals surface area contributed by atoms with Crippen LogP contribution in [0.4, 0.5) is 0 Å². The lowest BCUT2D eigenvalue weighted by molar-refractivity contribution is 0.166. The van der Waals surface area contributed by atoms with Gasteiger partial charge in [-0.2, -0.15) is 0 Å². The Balaban J connectivity index is 2.68. The predicted octanol–water partition coefficient (Wildman–Crippen LogP) is 2.78. The van der Waals surface area contributed by atoms with Gasteiger partial charge in [0.1, 0.15) is 0 Å². The molecule has 1 rings (SSSR count). The summed E-state index contributed by atoms with van der Waals surface area (Å²) < 4.78 is 5.20. The molecule has 1 unspecified atom stereocenters. The Morgan fingerprint density at radius 1 is 1.18 bits per heavy atom. The molecule has 96 valence electrons. The molecule has 0 radical (unpaired) electrons. The van der Waals surface area contributed by atoms with Crippen molar-refractivity contribution < 1.29 is 4.74 Å². The van der Waals surface area contributed by atoms with Gasteiger partial charge in [0.15, 0.2) is 0 Å². The number of methoxy groups -OCH3 is 1. The normalized spacial score (nSPS) is 12.8. The lowest BCUT2D eigenvalue weighted by atomic mass is 9.95. The maximum Gasteiger partial charge on any atom is 0.0615 e. The van der Waals surface area contributed by atoms with E-state index in [0.717, 1.165) is 19.4 Å². The van der Waals surface area contributed by atoms with Gasteiger partial charge >= 0.3 is 0 Å². The van der Waals surface area contributed by atoms with E-state index in [-0.39, 0.29) is 0 Å². The highest BCUT2D eigenvalue weighted by atomic mass is 16.5. The average Bonchev–Trinajstić information content (AvgIpc) is 2.26. The molecule has 2 nitrogen and oxygen atoms in total. The van der Waals surface area contributed by atoms with Gasteiger partial charge in [0.25, 0.3) is 0 Å². The van der Waals surface area contributed by atoms with Gasteiger partial charge in [-0.15, -0.1) is 0 Å². The molecule has 1 aromatic carbocycles. The van der Waals surface area contributed by atoms with Crippen LogP contribution in [0.3, 0.4) is 0 Å². The number of benzene rings is 1. The van der Waals surface area contributed by atoms with Crippen molar-refractivity contribution in [2.45, 2.75) is 39.7 Å². The van der Waals surface area contributed by atoms with Gasteiger partial charge in [-0.1, -0.05) is 17.7 Å². The maximum atomic E-state index is 5.20. The lowest BCUT2D eigenvalue weighted by Gasteiger charge is -2.17. The zero-order chi connectivity index (χ0) is 12.8. The van der Waals surface area contributed by atoms with E-state index in [2.05, 4.69) is 38.2 Å². The number of ether oxygens (including phenoxy) is 1. The SMILES string of the molecule is CNC(CCc1c(C)cc(C)cc1C)COC. The molecule has 0 aliphatic carbocycles. The predicted molar refractivity (Wildman–Crippen MR) is 73.7 cm³/mol. The smallest absolute Gasteiger partial charge is 0.0615 e. The molecule has 0 aliphatic rings. The summed E-state index contributed by atoms with van der Waals surface area (Å²) in [4.78, 5) is 0. The summed E-state index contributed by atoms with van der Waals surface area (Å²) in [6, 6.07) is 4.99. The number of hydrogen-bond donors (Lipinski definition) is 1. The van der Waals surface area contributed by atoms with Gasteiger partial charge in [0.05, 0.1) is 6.61 Å². The molecule has 17 heavy (non-hydrogen) atoms. The molecule has 0 aliphatic heterocycles. The fourth-order valence-electron chi connectivity index (χ4n) is 2.44. The minimum atomic E-state index is 0.445. The van der Waals surface area contributed by atoms with E-state index in [1.165, 1.54) is 22.3 Å². The molecule has 0 heterocycles. The van der Waals surface area contributed by atoms with Gasteiger partial charge in [0, 0.05) is 13.2 Å². The summed E-state index contributed by atoms with van der Waals surface area (Å²) in [5, 5.41) is 3.30. The van der Waals surface area contributed by atoms with Crippen LogP contribution < -0.4 is 5.32 Å². The van der Waals surface area contributed by atoms with Gasteiger partial charge in [-0.3, -0.25) is 0 Å². The first-order chi connectivity index (χ1) is 8.08. The van der Waals surface area contributed by atoms with Crippen molar-refractivity contribution in [1.82, 2.24) is 5.32 Å².